The van der Waals surface area contributed by atoms with E-state index in [2.05, 4.69) is 6.92 Å². The van der Waals surface area contributed by atoms with Crippen LogP contribution in [0, 0.1) is 6.92 Å². The van der Waals surface area contributed by atoms with Crippen molar-refractivity contribution in [2.45, 2.75) is 6.92 Å². The summed E-state index contributed by atoms with van der Waals surface area (Å²) >= 11 is 0. The molecule has 0 spiro atoms. The second-order valence-corrected chi connectivity index (χ2v) is 0. The molecule has 0 N–H and O–H groups in total. The van der Waals surface area contributed by atoms with Crippen LogP contribution in [0.5, 0.6) is 0 Å². The van der Waals surface area contributed by atoms with Crippen molar-refractivity contribution in [3.63, 3.8) is 0 Å². The summed E-state index contributed by atoms with van der Waals surface area (Å²) in [5.41, 5.74) is 0. The average Bonchev–Trinajstić information content (AvgIpc) is 1.00. The van der Waals surface area contributed by atoms with Gasteiger partial charge in [0.1, 0.15) is 0 Å². The first-order chi connectivity index (χ1) is 1.00. The Morgan fingerprint density at radius 1 is 1.00 bits per heavy atom. The molecule has 0 heterocycles. The molecule has 0 rings (SSSR count). The van der Waals surface area contributed by atoms with E-state index in [0.29, 0.717) is 0 Å². The number of halogens is 2. The summed E-state index contributed by atoms with van der Waals surface area (Å²) in [4.78, 5) is 0. The first-order valence-corrected chi connectivity index (χ1v) is 0.707. The Morgan fingerprint density at radius 3 is 1.00 bits per heavy atom. The van der Waals surface area contributed by atoms with Crippen molar-refractivity contribution in [2.75, 3.05) is 0 Å². The molecule has 0 aliphatic carbocycles. The molecule has 0 nitrogen and oxygen atoms in total. The normalized spacial score (nSPS) is 1.20. The van der Waals surface area contributed by atoms with Gasteiger partial charge in [0.05, 0.1) is 0 Å². The molecule has 0 bridgehead atoms. The maximum absolute atomic E-state index is 3.25. The molecule has 0 fully saturated rings. The Morgan fingerprint density at radius 2 is 1.00 bits per heavy atom. The van der Waals surface area contributed by atoms with Gasteiger partial charge in [0, 0.05) is 17.1 Å². The van der Waals surface area contributed by atoms with Gasteiger partial charge in [-0.15, -0.1) is 34.0 Å². The van der Waals surface area contributed by atoms with Crippen LogP contribution in [0.1, 0.15) is 6.92 Å². The quantitative estimate of drug-likeness (QED) is 0.452. The molecule has 0 aromatic rings. The van der Waals surface area contributed by atoms with Gasteiger partial charge in [0.2, 0.25) is 0 Å². The minimum absolute atomic E-state index is 0. The summed E-state index contributed by atoms with van der Waals surface area (Å²) in [5, 5.41) is 0. The Balaban J connectivity index is -0.00000000167. The van der Waals surface area contributed by atoms with Gasteiger partial charge in [-0.05, 0) is 0 Å². The first-order valence-electron chi connectivity index (χ1n) is 0.707. The van der Waals surface area contributed by atoms with Crippen molar-refractivity contribution in [3.8, 4) is 0 Å². The minimum Gasteiger partial charge on any atom is -0.346 e. The summed E-state index contributed by atoms with van der Waals surface area (Å²) in [6, 6.07) is 0. The maximum Gasteiger partial charge on any atom is 0 e. The van der Waals surface area contributed by atoms with E-state index in [1.54, 1.807) is 6.92 Å². The van der Waals surface area contributed by atoms with Crippen LogP contribution in [0.25, 0.3) is 0 Å². The molecule has 1 radical (unpaired) electrons. The molecule has 0 aliphatic heterocycles. The number of hydrogen-bond acceptors (Lipinski definition) is 0. The van der Waals surface area contributed by atoms with Crippen molar-refractivity contribution in [1.29, 1.82) is 0 Å². The van der Waals surface area contributed by atoms with E-state index in [9.17, 15) is 0 Å². The smallest absolute Gasteiger partial charge is 0 e. The van der Waals surface area contributed by atoms with Gasteiger partial charge in [0.15, 0.2) is 0 Å². The third kappa shape index (κ3) is 30.3. The molecule has 0 aromatic carbocycles. The Hall–Kier alpha value is 1.48. The van der Waals surface area contributed by atoms with Crippen LogP contribution >= 0.6 is 34.0 Å². The predicted molar refractivity (Wildman–Crippen MR) is 31.7 cm³/mol. The third-order valence-corrected chi connectivity index (χ3v) is 0. The van der Waals surface area contributed by atoms with E-state index in [4.69, 9.17) is 0 Å². The average molecular weight is 246 g/mol. The summed E-state index contributed by atoms with van der Waals surface area (Å²) < 4.78 is 0. The van der Waals surface area contributed by atoms with E-state index < -0.39 is 0 Å². The van der Waals surface area contributed by atoms with Gasteiger partial charge in [-0.25, -0.2) is 0 Å². The molecule has 3 heteroatoms. The second-order valence-electron chi connectivity index (χ2n) is 0. The van der Waals surface area contributed by atoms with Crippen LogP contribution in [-0.4, -0.2) is 0 Å². The van der Waals surface area contributed by atoms with Crippen LogP contribution in [0.4, 0.5) is 0 Å². The molecule has 0 unspecified atom stereocenters. The van der Waals surface area contributed by atoms with E-state index in [0.717, 1.165) is 0 Å². The van der Waals surface area contributed by atoms with Gasteiger partial charge in [0.25, 0.3) is 0 Å². The SMILES string of the molecule is Br.Br.[CH2-]C.[Mn]. The number of rotatable bonds is 0. The van der Waals surface area contributed by atoms with Gasteiger partial charge in [-0.2, -0.15) is 6.92 Å². The summed E-state index contributed by atoms with van der Waals surface area (Å²) in [6.07, 6.45) is 0. The van der Waals surface area contributed by atoms with E-state index >= 15 is 0 Å². The molecule has 0 amide bonds. The fraction of sp³-hybridized carbons (Fsp3) is 0.500. The molecular weight excluding hydrogens is 239 g/mol. The summed E-state index contributed by atoms with van der Waals surface area (Å²) in [7, 11) is 0. The zero-order valence-corrected chi connectivity index (χ0v) is 7.51. The molecule has 0 aliphatic rings. The first kappa shape index (κ1) is 31.6. The van der Waals surface area contributed by atoms with Crippen molar-refractivity contribution >= 4 is 34.0 Å². The van der Waals surface area contributed by atoms with Gasteiger partial charge < -0.3 is 6.92 Å². The van der Waals surface area contributed by atoms with Crippen LogP contribution in [0.15, 0.2) is 0 Å². The van der Waals surface area contributed by atoms with E-state index in [1.165, 1.54) is 0 Å². The van der Waals surface area contributed by atoms with Gasteiger partial charge in [-0.1, -0.05) is 0 Å². The molecule has 5 heavy (non-hydrogen) atoms. The van der Waals surface area contributed by atoms with Crippen molar-refractivity contribution < 1.29 is 17.1 Å². The molecule has 0 atom stereocenters. The fourth-order valence-electron chi connectivity index (χ4n) is 0. The van der Waals surface area contributed by atoms with Crippen LogP contribution in [0.2, 0.25) is 0 Å². The standard InChI is InChI=1S/C2H5.2BrH.Mn/c1-2;;;/h1H2,2H3;2*1H;/q-1;;;. The Kier molecular flexibility index (Phi) is 318. The largest absolute Gasteiger partial charge is 0.346 e. The third-order valence-electron chi connectivity index (χ3n) is 0. The zero-order valence-electron chi connectivity index (χ0n) is 2.90. The predicted octanol–water partition coefficient (Wildman–Crippen LogP) is 1.99. The van der Waals surface area contributed by atoms with E-state index in [1.807, 2.05) is 0 Å². The van der Waals surface area contributed by atoms with Crippen LogP contribution < -0.4 is 0 Å². The molecule has 0 saturated heterocycles. The van der Waals surface area contributed by atoms with Gasteiger partial charge >= 0.3 is 0 Å². The fourth-order valence-corrected chi connectivity index (χ4v) is 0. The molecule has 0 saturated carbocycles. The summed E-state index contributed by atoms with van der Waals surface area (Å²) in [5.74, 6) is 0. The molecule has 37 valence electrons. The van der Waals surface area contributed by atoms with Crippen LogP contribution in [-0.2, 0) is 17.1 Å². The van der Waals surface area contributed by atoms with Crippen molar-refractivity contribution in [1.82, 2.24) is 0 Å². The second kappa shape index (κ2) is 50.2. The maximum atomic E-state index is 3.25. The zero-order chi connectivity index (χ0) is 2.00. The minimum atomic E-state index is 0. The molecular formula is C2H7Br2Mn-. The van der Waals surface area contributed by atoms with Gasteiger partial charge in [-0.3, -0.25) is 0 Å². The summed E-state index contributed by atoms with van der Waals surface area (Å²) in [6.45, 7) is 5.00. The molecule has 0 aromatic heterocycles. The van der Waals surface area contributed by atoms with E-state index in [-0.39, 0.29) is 51.0 Å². The van der Waals surface area contributed by atoms with Crippen molar-refractivity contribution in [2.24, 2.45) is 0 Å². The van der Waals surface area contributed by atoms with Crippen LogP contribution in [0.3, 0.4) is 0 Å². The Labute approximate surface area is 64.7 Å². The Bertz CT molecular complexity index is 7.61. The van der Waals surface area contributed by atoms with Crippen molar-refractivity contribution in [3.05, 3.63) is 6.92 Å². The monoisotopic (exact) mass is 244 g/mol. The number of hydrogen-bond donors (Lipinski definition) is 0. The topological polar surface area (TPSA) is 0 Å².